The number of nitrogens with zero attached hydrogens (tertiary/aromatic N) is 3. The predicted octanol–water partition coefficient (Wildman–Crippen LogP) is 0.120. The van der Waals surface area contributed by atoms with Gasteiger partial charge in [-0.25, -0.2) is 13.4 Å². The van der Waals surface area contributed by atoms with Crippen molar-refractivity contribution in [3.05, 3.63) is 12.0 Å². The molecule has 98 valence electrons. The number of hydrogen-bond acceptors (Lipinski definition) is 4. The number of likely N-dealkylation sites (N-methyl/N-ethyl adjacent to an activating group) is 1. The first kappa shape index (κ1) is 14.1. The fraction of sp³-hybridized carbons (Fsp3) is 0.700. The minimum absolute atomic E-state index is 0.00394. The van der Waals surface area contributed by atoms with E-state index >= 15 is 0 Å². The van der Waals surface area contributed by atoms with Gasteiger partial charge in [-0.2, -0.15) is 4.31 Å². The maximum atomic E-state index is 12.1. The highest BCUT2D eigenvalue weighted by Gasteiger charge is 2.28. The lowest BCUT2D eigenvalue weighted by molar-refractivity contribution is 0.0639. The largest absolute Gasteiger partial charge is 0.389 e. The summed E-state index contributed by atoms with van der Waals surface area (Å²) in [4.78, 5) is 3.98. The normalized spacial score (nSPS) is 13.4. The smallest absolute Gasteiger partial charge is 0.261 e. The van der Waals surface area contributed by atoms with Gasteiger partial charge in [0.15, 0.2) is 5.03 Å². The standard InChI is InChI=1S/C10H19N3O3S/c1-8-11-9(6-12(8)4)17(15,16)13(5)7-10(2,3)14/h6,14H,7H2,1-5H3. The number of aromatic nitrogens is 2. The van der Waals surface area contributed by atoms with Crippen molar-refractivity contribution in [2.24, 2.45) is 7.05 Å². The van der Waals surface area contributed by atoms with Crippen LogP contribution in [0.4, 0.5) is 0 Å². The third-order valence-corrected chi connectivity index (χ3v) is 4.05. The predicted molar refractivity (Wildman–Crippen MR) is 64.1 cm³/mol. The van der Waals surface area contributed by atoms with E-state index in [4.69, 9.17) is 0 Å². The molecule has 0 radical (unpaired) electrons. The van der Waals surface area contributed by atoms with Gasteiger partial charge in [-0.3, -0.25) is 0 Å². The first-order chi connectivity index (χ1) is 7.54. The highest BCUT2D eigenvalue weighted by atomic mass is 32.2. The zero-order valence-corrected chi connectivity index (χ0v) is 11.6. The summed E-state index contributed by atoms with van der Waals surface area (Å²) in [7, 11) is -0.471. The summed E-state index contributed by atoms with van der Waals surface area (Å²) in [5.41, 5.74) is -1.08. The molecule has 0 aromatic carbocycles. The highest BCUT2D eigenvalue weighted by Crippen LogP contribution is 2.15. The second-order valence-electron chi connectivity index (χ2n) is 4.81. The Balaban J connectivity index is 3.03. The van der Waals surface area contributed by atoms with Crippen molar-refractivity contribution < 1.29 is 13.5 Å². The van der Waals surface area contributed by atoms with E-state index in [1.807, 2.05) is 0 Å². The molecule has 1 heterocycles. The molecule has 6 nitrogen and oxygen atoms in total. The molecule has 0 unspecified atom stereocenters. The van der Waals surface area contributed by atoms with Crippen LogP contribution in [0.15, 0.2) is 11.2 Å². The third kappa shape index (κ3) is 3.27. The average Bonchev–Trinajstić information content (AvgIpc) is 2.44. The van der Waals surface area contributed by atoms with E-state index in [9.17, 15) is 13.5 Å². The number of sulfonamides is 1. The summed E-state index contributed by atoms with van der Waals surface area (Å²) in [6, 6.07) is 0. The Bertz CT molecular complexity index is 480. The Morgan fingerprint density at radius 2 is 2.06 bits per heavy atom. The van der Waals surface area contributed by atoms with Crippen LogP contribution in [0, 0.1) is 6.92 Å². The first-order valence-corrected chi connectivity index (χ1v) is 6.67. The molecule has 0 aliphatic rings. The zero-order chi connectivity index (χ0) is 13.4. The van der Waals surface area contributed by atoms with Gasteiger partial charge < -0.3 is 9.67 Å². The summed E-state index contributed by atoms with van der Waals surface area (Å²) >= 11 is 0. The Morgan fingerprint density at radius 1 is 1.53 bits per heavy atom. The SMILES string of the molecule is Cc1nc(S(=O)(=O)N(C)CC(C)(C)O)cn1C. The van der Waals surface area contributed by atoms with E-state index in [0.717, 1.165) is 4.31 Å². The average molecular weight is 261 g/mol. The highest BCUT2D eigenvalue weighted by molar-refractivity contribution is 7.89. The molecule has 0 aliphatic heterocycles. The molecular formula is C10H19N3O3S. The molecule has 1 aromatic heterocycles. The molecular weight excluding hydrogens is 242 g/mol. The van der Waals surface area contributed by atoms with E-state index in [0.29, 0.717) is 5.82 Å². The van der Waals surface area contributed by atoms with E-state index < -0.39 is 15.6 Å². The van der Waals surface area contributed by atoms with Crippen molar-refractivity contribution in [1.29, 1.82) is 0 Å². The number of rotatable bonds is 4. The van der Waals surface area contributed by atoms with Gasteiger partial charge in [-0.05, 0) is 20.8 Å². The van der Waals surface area contributed by atoms with Gasteiger partial charge in [0, 0.05) is 26.8 Å². The van der Waals surface area contributed by atoms with Crippen molar-refractivity contribution in [2.45, 2.75) is 31.4 Å². The number of hydrogen-bond donors (Lipinski definition) is 1. The maximum absolute atomic E-state index is 12.1. The van der Waals surface area contributed by atoms with Crippen molar-refractivity contribution >= 4 is 10.0 Å². The van der Waals surface area contributed by atoms with Crippen molar-refractivity contribution in [3.8, 4) is 0 Å². The zero-order valence-electron chi connectivity index (χ0n) is 10.8. The van der Waals surface area contributed by atoms with E-state index in [1.54, 1.807) is 32.4 Å². The van der Waals surface area contributed by atoms with Crippen LogP contribution in [0.3, 0.4) is 0 Å². The Kier molecular flexibility index (Phi) is 3.66. The molecule has 0 aliphatic carbocycles. The maximum Gasteiger partial charge on any atom is 0.261 e. The fourth-order valence-electron chi connectivity index (χ4n) is 1.44. The van der Waals surface area contributed by atoms with Gasteiger partial charge in [-0.1, -0.05) is 0 Å². The van der Waals surface area contributed by atoms with Gasteiger partial charge in [0.1, 0.15) is 5.82 Å². The summed E-state index contributed by atoms with van der Waals surface area (Å²) in [6.45, 7) is 4.87. The Hall–Kier alpha value is -0.920. The van der Waals surface area contributed by atoms with Crippen LogP contribution in [0.5, 0.6) is 0 Å². The van der Waals surface area contributed by atoms with Gasteiger partial charge in [-0.15, -0.1) is 0 Å². The minimum Gasteiger partial charge on any atom is -0.389 e. The molecule has 0 saturated heterocycles. The quantitative estimate of drug-likeness (QED) is 0.835. The van der Waals surface area contributed by atoms with E-state index in [2.05, 4.69) is 4.98 Å². The number of aryl methyl sites for hydroxylation is 2. The van der Waals surface area contributed by atoms with Gasteiger partial charge >= 0.3 is 0 Å². The van der Waals surface area contributed by atoms with Gasteiger partial charge in [0.05, 0.1) is 5.60 Å². The van der Waals surface area contributed by atoms with Crippen LogP contribution in [0.25, 0.3) is 0 Å². The summed E-state index contributed by atoms with van der Waals surface area (Å²) in [5.74, 6) is 0.625. The number of imidazole rings is 1. The molecule has 0 spiro atoms. The van der Waals surface area contributed by atoms with Gasteiger partial charge in [0.2, 0.25) is 0 Å². The number of aliphatic hydroxyl groups is 1. The molecule has 0 atom stereocenters. The minimum atomic E-state index is -3.63. The van der Waals surface area contributed by atoms with Crippen LogP contribution in [0.2, 0.25) is 0 Å². The molecule has 17 heavy (non-hydrogen) atoms. The Morgan fingerprint density at radius 3 is 2.41 bits per heavy atom. The van der Waals surface area contributed by atoms with Crippen LogP contribution < -0.4 is 0 Å². The molecule has 1 aromatic rings. The van der Waals surface area contributed by atoms with Crippen LogP contribution in [-0.2, 0) is 17.1 Å². The van der Waals surface area contributed by atoms with Gasteiger partial charge in [0.25, 0.3) is 10.0 Å². The molecule has 0 bridgehead atoms. The lowest BCUT2D eigenvalue weighted by Gasteiger charge is -2.24. The first-order valence-electron chi connectivity index (χ1n) is 5.23. The second-order valence-corrected chi connectivity index (χ2v) is 6.80. The van der Waals surface area contributed by atoms with Crippen molar-refractivity contribution in [3.63, 3.8) is 0 Å². The third-order valence-electron chi connectivity index (χ3n) is 2.37. The molecule has 1 rings (SSSR count). The topological polar surface area (TPSA) is 75.4 Å². The summed E-state index contributed by atoms with van der Waals surface area (Å²) in [5, 5.41) is 9.63. The second kappa shape index (κ2) is 4.40. The summed E-state index contributed by atoms with van der Waals surface area (Å²) < 4.78 is 27.0. The van der Waals surface area contributed by atoms with E-state index in [-0.39, 0.29) is 11.6 Å². The monoisotopic (exact) mass is 261 g/mol. The van der Waals surface area contributed by atoms with E-state index in [1.165, 1.54) is 13.2 Å². The molecule has 0 saturated carbocycles. The van der Waals surface area contributed by atoms with Crippen LogP contribution in [0.1, 0.15) is 19.7 Å². The molecule has 1 N–H and O–H groups in total. The lowest BCUT2D eigenvalue weighted by Crippen LogP contribution is -2.39. The fourth-order valence-corrected chi connectivity index (χ4v) is 2.78. The van der Waals surface area contributed by atoms with Crippen LogP contribution in [-0.4, -0.2) is 46.6 Å². The molecule has 0 fully saturated rings. The lowest BCUT2D eigenvalue weighted by atomic mass is 10.1. The van der Waals surface area contributed by atoms with Crippen molar-refractivity contribution in [2.75, 3.05) is 13.6 Å². The molecule has 0 amide bonds. The van der Waals surface area contributed by atoms with Crippen molar-refractivity contribution in [1.82, 2.24) is 13.9 Å². The summed E-state index contributed by atoms with van der Waals surface area (Å²) in [6.07, 6.45) is 1.46. The Labute approximate surface area is 102 Å². The van der Waals surface area contributed by atoms with Crippen LogP contribution >= 0.6 is 0 Å². The molecule has 7 heteroatoms.